The van der Waals surface area contributed by atoms with Gasteiger partial charge in [-0.2, -0.15) is 0 Å². The quantitative estimate of drug-likeness (QED) is 0.922. The fraction of sp³-hybridized carbons (Fsp3) is 0.200. The van der Waals surface area contributed by atoms with Crippen molar-refractivity contribution in [2.75, 3.05) is 12.4 Å². The lowest BCUT2D eigenvalue weighted by Gasteiger charge is -2.16. The fourth-order valence-corrected chi connectivity index (χ4v) is 1.83. The van der Waals surface area contributed by atoms with Crippen LogP contribution in [0.4, 0.5) is 5.82 Å². The predicted octanol–water partition coefficient (Wildman–Crippen LogP) is 3.15. The summed E-state index contributed by atoms with van der Waals surface area (Å²) in [7, 11) is 1.51. The highest BCUT2D eigenvalue weighted by molar-refractivity contribution is 6.32. The van der Waals surface area contributed by atoms with Gasteiger partial charge in [-0.25, -0.2) is 4.98 Å². The summed E-state index contributed by atoms with van der Waals surface area (Å²) in [6, 6.07) is 10.4. The topological polar surface area (TPSA) is 60.5 Å². The average molecular weight is 307 g/mol. The Morgan fingerprint density at radius 3 is 2.67 bits per heavy atom. The van der Waals surface area contributed by atoms with Gasteiger partial charge in [0.25, 0.3) is 5.91 Å². The Bertz CT molecular complexity index is 634. The normalized spacial score (nSPS) is 11.6. The fourth-order valence-electron chi connectivity index (χ4n) is 1.65. The molecule has 2 rings (SSSR count). The minimum atomic E-state index is -0.725. The molecule has 6 heteroatoms. The van der Waals surface area contributed by atoms with Crippen LogP contribution < -0.4 is 14.8 Å². The van der Waals surface area contributed by atoms with Crippen molar-refractivity contribution in [2.24, 2.45) is 0 Å². The highest BCUT2D eigenvalue weighted by Crippen LogP contribution is 2.25. The zero-order valence-corrected chi connectivity index (χ0v) is 12.4. The number of carbonyl (C=O) groups excluding carboxylic acids is 1. The van der Waals surface area contributed by atoms with Gasteiger partial charge in [0, 0.05) is 6.20 Å². The number of para-hydroxylation sites is 1. The summed E-state index contributed by atoms with van der Waals surface area (Å²) in [5, 5.41) is 3.11. The van der Waals surface area contributed by atoms with Gasteiger partial charge in [-0.1, -0.05) is 23.7 Å². The van der Waals surface area contributed by atoms with E-state index in [1.165, 1.54) is 7.11 Å². The molecule has 0 aliphatic heterocycles. The Morgan fingerprint density at radius 1 is 1.24 bits per heavy atom. The molecule has 1 aromatic heterocycles. The first kappa shape index (κ1) is 15.1. The Kier molecular flexibility index (Phi) is 5.00. The van der Waals surface area contributed by atoms with Crippen molar-refractivity contribution >= 4 is 23.3 Å². The lowest BCUT2D eigenvalue weighted by Crippen LogP contribution is -2.30. The highest BCUT2D eigenvalue weighted by atomic mass is 35.5. The summed E-state index contributed by atoms with van der Waals surface area (Å²) < 4.78 is 10.7. The van der Waals surface area contributed by atoms with Crippen molar-refractivity contribution in [3.63, 3.8) is 0 Å². The van der Waals surface area contributed by atoms with E-state index >= 15 is 0 Å². The number of pyridine rings is 1. The maximum absolute atomic E-state index is 12.1. The van der Waals surface area contributed by atoms with Gasteiger partial charge in [-0.3, -0.25) is 4.79 Å². The van der Waals surface area contributed by atoms with E-state index in [0.29, 0.717) is 22.3 Å². The molecule has 1 heterocycles. The number of ether oxygens (including phenoxy) is 2. The van der Waals surface area contributed by atoms with Crippen LogP contribution in [0.1, 0.15) is 6.92 Å². The van der Waals surface area contributed by atoms with Crippen LogP contribution in [0.3, 0.4) is 0 Å². The van der Waals surface area contributed by atoms with E-state index in [4.69, 9.17) is 21.1 Å². The number of nitrogens with one attached hydrogen (secondary N) is 1. The minimum Gasteiger partial charge on any atom is -0.493 e. The van der Waals surface area contributed by atoms with Gasteiger partial charge in [0.15, 0.2) is 17.7 Å². The molecule has 1 aromatic carbocycles. The van der Waals surface area contributed by atoms with Gasteiger partial charge in [0.1, 0.15) is 5.75 Å². The molecule has 1 amide bonds. The van der Waals surface area contributed by atoms with E-state index in [0.717, 1.165) is 0 Å². The summed E-state index contributed by atoms with van der Waals surface area (Å²) >= 11 is 5.99. The van der Waals surface area contributed by atoms with Crippen LogP contribution >= 0.6 is 11.6 Å². The van der Waals surface area contributed by atoms with Crippen molar-refractivity contribution in [3.05, 3.63) is 47.6 Å². The lowest BCUT2D eigenvalue weighted by molar-refractivity contribution is -0.122. The van der Waals surface area contributed by atoms with Crippen molar-refractivity contribution in [1.29, 1.82) is 0 Å². The number of benzene rings is 1. The first-order valence-corrected chi connectivity index (χ1v) is 6.70. The molecule has 110 valence electrons. The van der Waals surface area contributed by atoms with E-state index in [-0.39, 0.29) is 5.91 Å². The Labute approximate surface area is 127 Å². The molecule has 5 nitrogen and oxygen atoms in total. The number of halogens is 1. The summed E-state index contributed by atoms with van der Waals surface area (Å²) in [6.07, 6.45) is 0.842. The lowest BCUT2D eigenvalue weighted by atomic mass is 10.3. The molecule has 0 spiro atoms. The number of anilines is 1. The maximum Gasteiger partial charge on any atom is 0.266 e. The highest BCUT2D eigenvalue weighted by Gasteiger charge is 2.18. The maximum atomic E-state index is 12.1. The predicted molar refractivity (Wildman–Crippen MR) is 81.0 cm³/mol. The molecule has 0 fully saturated rings. The Morgan fingerprint density at radius 2 is 1.95 bits per heavy atom. The van der Waals surface area contributed by atoms with Gasteiger partial charge < -0.3 is 14.8 Å². The van der Waals surface area contributed by atoms with Crippen molar-refractivity contribution < 1.29 is 14.3 Å². The molecule has 0 unspecified atom stereocenters. The summed E-state index contributed by atoms with van der Waals surface area (Å²) in [6.45, 7) is 1.63. The van der Waals surface area contributed by atoms with Gasteiger partial charge in [-0.15, -0.1) is 0 Å². The molecule has 0 saturated carbocycles. The van der Waals surface area contributed by atoms with Crippen LogP contribution in [-0.2, 0) is 4.79 Å². The molecule has 0 aliphatic rings. The molecule has 0 radical (unpaired) electrons. The molecular formula is C15H15ClN2O3. The number of carbonyl (C=O) groups is 1. The van der Waals surface area contributed by atoms with Crippen LogP contribution in [0.2, 0.25) is 5.02 Å². The van der Waals surface area contributed by atoms with E-state index in [1.807, 2.05) is 0 Å². The number of amides is 1. The zero-order valence-electron chi connectivity index (χ0n) is 11.7. The van der Waals surface area contributed by atoms with Gasteiger partial charge in [0.05, 0.1) is 12.1 Å². The summed E-state index contributed by atoms with van der Waals surface area (Å²) in [5.74, 6) is 0.942. The molecule has 0 saturated heterocycles. The second-order valence-electron chi connectivity index (χ2n) is 4.23. The van der Waals surface area contributed by atoms with Gasteiger partial charge in [0.2, 0.25) is 0 Å². The van der Waals surface area contributed by atoms with Crippen LogP contribution in [0.5, 0.6) is 11.5 Å². The third kappa shape index (κ3) is 3.86. The second kappa shape index (κ2) is 6.95. The number of rotatable bonds is 5. The SMILES string of the molecule is COc1cccnc1NC(=O)[C@@H](C)Oc1ccccc1Cl. The molecule has 1 atom stereocenters. The number of hydrogen-bond donors (Lipinski definition) is 1. The van der Waals surface area contributed by atoms with Gasteiger partial charge in [-0.05, 0) is 31.2 Å². The van der Waals surface area contributed by atoms with E-state index in [2.05, 4.69) is 10.3 Å². The molecule has 21 heavy (non-hydrogen) atoms. The van der Waals surface area contributed by atoms with Crippen LogP contribution in [0.25, 0.3) is 0 Å². The third-order valence-electron chi connectivity index (χ3n) is 2.74. The standard InChI is InChI=1S/C15H15ClN2O3/c1-10(21-12-7-4-3-6-11(12)16)15(19)18-14-13(20-2)8-5-9-17-14/h3-10H,1-2H3,(H,17,18,19)/t10-/m1/s1. The zero-order chi connectivity index (χ0) is 15.2. The molecular weight excluding hydrogens is 292 g/mol. The largest absolute Gasteiger partial charge is 0.493 e. The molecule has 2 aromatic rings. The Hall–Kier alpha value is -2.27. The van der Waals surface area contributed by atoms with E-state index in [1.54, 1.807) is 49.5 Å². The van der Waals surface area contributed by atoms with Crippen LogP contribution in [0, 0.1) is 0 Å². The Balaban J connectivity index is 2.05. The third-order valence-corrected chi connectivity index (χ3v) is 3.05. The van der Waals surface area contributed by atoms with Crippen LogP contribution in [-0.4, -0.2) is 24.1 Å². The van der Waals surface area contributed by atoms with Crippen molar-refractivity contribution in [3.8, 4) is 11.5 Å². The number of aromatic nitrogens is 1. The first-order chi connectivity index (χ1) is 10.1. The van der Waals surface area contributed by atoms with Crippen molar-refractivity contribution in [1.82, 2.24) is 4.98 Å². The molecule has 0 aliphatic carbocycles. The number of methoxy groups -OCH3 is 1. The second-order valence-corrected chi connectivity index (χ2v) is 4.64. The molecule has 0 bridgehead atoms. The van der Waals surface area contributed by atoms with Crippen molar-refractivity contribution in [2.45, 2.75) is 13.0 Å². The van der Waals surface area contributed by atoms with E-state index < -0.39 is 6.10 Å². The van der Waals surface area contributed by atoms with E-state index in [9.17, 15) is 4.79 Å². The monoisotopic (exact) mass is 306 g/mol. The van der Waals surface area contributed by atoms with Crippen LogP contribution in [0.15, 0.2) is 42.6 Å². The molecule has 1 N–H and O–H groups in total. The summed E-state index contributed by atoms with van der Waals surface area (Å²) in [4.78, 5) is 16.2. The first-order valence-electron chi connectivity index (χ1n) is 6.33. The smallest absolute Gasteiger partial charge is 0.266 e. The summed E-state index contributed by atoms with van der Waals surface area (Å²) in [5.41, 5.74) is 0. The number of nitrogens with zero attached hydrogens (tertiary/aromatic N) is 1. The average Bonchev–Trinajstić information content (AvgIpc) is 2.50. The number of hydrogen-bond acceptors (Lipinski definition) is 4. The van der Waals surface area contributed by atoms with Gasteiger partial charge >= 0.3 is 0 Å². The minimum absolute atomic E-state index is 0.341.